The molecule has 3 nitrogen and oxygen atoms in total. The lowest BCUT2D eigenvalue weighted by molar-refractivity contribution is 0.0886. The normalized spacial score (nSPS) is 17.5. The van der Waals surface area contributed by atoms with Gasteiger partial charge < -0.3 is 5.32 Å². The number of nitrogens with one attached hydrogen (secondary N) is 1. The van der Waals surface area contributed by atoms with E-state index in [0.717, 1.165) is 4.90 Å². The summed E-state index contributed by atoms with van der Waals surface area (Å²) in [6, 6.07) is 16.3. The fourth-order valence-electron chi connectivity index (χ4n) is 1.98. The Kier molecular flexibility index (Phi) is 3.09. The number of benzene rings is 2. The predicted molar refractivity (Wildman–Crippen MR) is 74.3 cm³/mol. The molecule has 0 aliphatic carbocycles. The number of hydrogen-bond donors (Lipinski definition) is 1. The third kappa shape index (κ3) is 2.27. The van der Waals surface area contributed by atoms with Gasteiger partial charge in [-0.3, -0.25) is 9.59 Å². The number of rotatable bonds is 2. The van der Waals surface area contributed by atoms with Gasteiger partial charge in [-0.25, -0.2) is 0 Å². The van der Waals surface area contributed by atoms with E-state index in [-0.39, 0.29) is 11.7 Å². The van der Waals surface area contributed by atoms with Crippen LogP contribution in [0.3, 0.4) is 0 Å². The monoisotopic (exact) mass is 269 g/mol. The minimum Gasteiger partial charge on any atom is -0.333 e. The molecular formula is C15H11NO2S. The number of hydrogen-bond acceptors (Lipinski definition) is 3. The summed E-state index contributed by atoms with van der Waals surface area (Å²) in [5, 5.41) is 2.19. The molecule has 4 heteroatoms. The second kappa shape index (κ2) is 4.90. The molecule has 1 aliphatic rings. The van der Waals surface area contributed by atoms with Crippen LogP contribution in [0.25, 0.3) is 0 Å². The van der Waals surface area contributed by atoms with Gasteiger partial charge in [-0.05, 0) is 12.1 Å². The van der Waals surface area contributed by atoms with Gasteiger partial charge in [0.15, 0.2) is 5.78 Å². The van der Waals surface area contributed by atoms with Crippen molar-refractivity contribution in [3.8, 4) is 0 Å². The predicted octanol–water partition coefficient (Wildman–Crippen LogP) is 2.73. The molecule has 1 atom stereocenters. The van der Waals surface area contributed by atoms with Gasteiger partial charge in [0.1, 0.15) is 5.37 Å². The Morgan fingerprint density at radius 3 is 2.47 bits per heavy atom. The van der Waals surface area contributed by atoms with Crippen molar-refractivity contribution in [2.75, 3.05) is 0 Å². The summed E-state index contributed by atoms with van der Waals surface area (Å²) < 4.78 is 0. The highest BCUT2D eigenvalue weighted by Gasteiger charge is 2.29. The van der Waals surface area contributed by atoms with Crippen molar-refractivity contribution in [3.63, 3.8) is 0 Å². The molecule has 0 aromatic heterocycles. The lowest BCUT2D eigenvalue weighted by Gasteiger charge is -2.23. The van der Waals surface area contributed by atoms with E-state index in [4.69, 9.17) is 0 Å². The maximum atomic E-state index is 12.3. The Morgan fingerprint density at radius 2 is 1.68 bits per heavy atom. The summed E-state index contributed by atoms with van der Waals surface area (Å²) >= 11 is 1.38. The number of carbonyl (C=O) groups is 2. The molecule has 1 aliphatic heterocycles. The molecule has 2 aromatic carbocycles. The minimum absolute atomic E-state index is 0.0755. The van der Waals surface area contributed by atoms with Crippen LogP contribution in [0.2, 0.25) is 0 Å². The van der Waals surface area contributed by atoms with Crippen LogP contribution in [-0.4, -0.2) is 17.1 Å². The van der Waals surface area contributed by atoms with Gasteiger partial charge in [0.2, 0.25) is 0 Å². The summed E-state index contributed by atoms with van der Waals surface area (Å²) in [7, 11) is 0. The third-order valence-electron chi connectivity index (χ3n) is 2.94. The van der Waals surface area contributed by atoms with E-state index in [0.29, 0.717) is 11.1 Å². The lowest BCUT2D eigenvalue weighted by atomic mass is 10.1. The van der Waals surface area contributed by atoms with Gasteiger partial charge in [-0.1, -0.05) is 54.2 Å². The molecule has 0 bridgehead atoms. The Hall–Kier alpha value is -2.07. The fourth-order valence-corrected chi connectivity index (χ4v) is 3.09. The quantitative estimate of drug-likeness (QED) is 0.853. The zero-order chi connectivity index (χ0) is 13.2. The van der Waals surface area contributed by atoms with Crippen LogP contribution >= 0.6 is 11.8 Å². The molecular weight excluding hydrogens is 258 g/mol. The fraction of sp³-hybridized carbons (Fsp3) is 0.0667. The van der Waals surface area contributed by atoms with E-state index in [1.807, 2.05) is 36.4 Å². The van der Waals surface area contributed by atoms with Crippen molar-refractivity contribution >= 4 is 23.5 Å². The van der Waals surface area contributed by atoms with Gasteiger partial charge in [0, 0.05) is 10.5 Å². The van der Waals surface area contributed by atoms with Crippen LogP contribution in [0.1, 0.15) is 20.7 Å². The van der Waals surface area contributed by atoms with Gasteiger partial charge in [0.05, 0.1) is 5.56 Å². The Balaban J connectivity index is 1.90. The standard InChI is InChI=1S/C15H11NO2S/c17-13(10-6-2-1-3-7-10)15-16-14(18)11-8-4-5-9-12(11)19-15/h1-9,15H,(H,16,18). The van der Waals surface area contributed by atoms with Gasteiger partial charge >= 0.3 is 0 Å². The molecule has 0 spiro atoms. The first-order valence-electron chi connectivity index (χ1n) is 5.91. The summed E-state index contributed by atoms with van der Waals surface area (Å²) in [5.74, 6) is -0.267. The maximum Gasteiger partial charge on any atom is 0.253 e. The molecule has 0 saturated heterocycles. The molecule has 0 saturated carbocycles. The van der Waals surface area contributed by atoms with Gasteiger partial charge in [-0.2, -0.15) is 0 Å². The summed E-state index contributed by atoms with van der Waals surface area (Å²) in [5.41, 5.74) is 1.24. The Morgan fingerprint density at radius 1 is 1.00 bits per heavy atom. The smallest absolute Gasteiger partial charge is 0.253 e. The van der Waals surface area contributed by atoms with Gasteiger partial charge in [-0.15, -0.1) is 0 Å². The molecule has 1 amide bonds. The van der Waals surface area contributed by atoms with Crippen LogP contribution in [0.15, 0.2) is 59.5 Å². The topological polar surface area (TPSA) is 46.2 Å². The van der Waals surface area contributed by atoms with E-state index in [9.17, 15) is 9.59 Å². The first kappa shape index (κ1) is 12.0. The second-order valence-electron chi connectivity index (χ2n) is 4.20. The molecule has 19 heavy (non-hydrogen) atoms. The molecule has 1 N–H and O–H groups in total. The van der Waals surface area contributed by atoms with E-state index in [2.05, 4.69) is 5.32 Å². The zero-order valence-corrected chi connectivity index (χ0v) is 10.8. The summed E-state index contributed by atoms with van der Waals surface area (Å²) in [4.78, 5) is 25.1. The average Bonchev–Trinajstić information content (AvgIpc) is 2.47. The van der Waals surface area contributed by atoms with Crippen molar-refractivity contribution in [1.29, 1.82) is 0 Å². The maximum absolute atomic E-state index is 12.3. The highest BCUT2D eigenvalue weighted by Crippen LogP contribution is 2.31. The second-order valence-corrected chi connectivity index (χ2v) is 5.34. The van der Waals surface area contributed by atoms with Crippen molar-refractivity contribution < 1.29 is 9.59 Å². The van der Waals surface area contributed by atoms with Crippen molar-refractivity contribution in [3.05, 3.63) is 65.7 Å². The largest absolute Gasteiger partial charge is 0.333 e. The lowest BCUT2D eigenvalue weighted by Crippen LogP contribution is -2.41. The number of amides is 1. The van der Waals surface area contributed by atoms with Crippen LogP contribution in [0, 0.1) is 0 Å². The third-order valence-corrected chi connectivity index (χ3v) is 4.11. The molecule has 0 radical (unpaired) electrons. The van der Waals surface area contributed by atoms with Gasteiger partial charge in [0.25, 0.3) is 5.91 Å². The molecule has 1 heterocycles. The molecule has 0 fully saturated rings. The van der Waals surface area contributed by atoms with E-state index >= 15 is 0 Å². The summed E-state index contributed by atoms with van der Waals surface area (Å²) in [6.07, 6.45) is 0. The Labute approximate surface area is 115 Å². The summed E-state index contributed by atoms with van der Waals surface area (Å²) in [6.45, 7) is 0. The SMILES string of the molecule is O=C1NC(C(=O)c2ccccc2)Sc2ccccc21. The minimum atomic E-state index is -0.551. The highest BCUT2D eigenvalue weighted by atomic mass is 32.2. The van der Waals surface area contributed by atoms with E-state index in [1.165, 1.54) is 11.8 Å². The number of Topliss-reactive ketones (excluding diaryl/α,β-unsaturated/α-hetero) is 1. The van der Waals surface area contributed by atoms with Crippen LogP contribution < -0.4 is 5.32 Å². The van der Waals surface area contributed by atoms with E-state index < -0.39 is 5.37 Å². The highest BCUT2D eigenvalue weighted by molar-refractivity contribution is 8.00. The van der Waals surface area contributed by atoms with Crippen LogP contribution in [-0.2, 0) is 0 Å². The van der Waals surface area contributed by atoms with Crippen molar-refractivity contribution in [2.24, 2.45) is 0 Å². The first-order valence-corrected chi connectivity index (χ1v) is 6.79. The number of ketones is 1. The van der Waals surface area contributed by atoms with Crippen molar-refractivity contribution in [1.82, 2.24) is 5.32 Å². The molecule has 2 aromatic rings. The molecule has 3 rings (SSSR count). The first-order chi connectivity index (χ1) is 9.25. The number of carbonyl (C=O) groups excluding carboxylic acids is 2. The zero-order valence-electron chi connectivity index (χ0n) is 10.00. The van der Waals surface area contributed by atoms with Crippen molar-refractivity contribution in [2.45, 2.75) is 10.3 Å². The number of thioether (sulfide) groups is 1. The number of fused-ring (bicyclic) bond motifs is 1. The molecule has 1 unspecified atom stereocenters. The average molecular weight is 269 g/mol. The van der Waals surface area contributed by atoms with Crippen LogP contribution in [0.4, 0.5) is 0 Å². The van der Waals surface area contributed by atoms with E-state index in [1.54, 1.807) is 18.2 Å². The molecule has 94 valence electrons. The Bertz CT molecular complexity index is 640. The van der Waals surface area contributed by atoms with Crippen LogP contribution in [0.5, 0.6) is 0 Å².